The molecule has 0 bridgehead atoms. The third-order valence-corrected chi connectivity index (χ3v) is 9.06. The van der Waals surface area contributed by atoms with Gasteiger partial charge in [-0.05, 0) is 90.4 Å². The first kappa shape index (κ1) is 23.6. The number of methoxy groups -OCH3 is 1. The Morgan fingerprint density at radius 2 is 1.89 bits per heavy atom. The number of piperidine rings is 1. The fourth-order valence-electron chi connectivity index (χ4n) is 7.18. The third kappa shape index (κ3) is 4.56. The first-order valence-electron chi connectivity index (χ1n) is 13.9. The first-order chi connectivity index (χ1) is 17.6. The van der Waals surface area contributed by atoms with Crippen LogP contribution in [0.4, 0.5) is 0 Å². The van der Waals surface area contributed by atoms with Gasteiger partial charge in [-0.2, -0.15) is 0 Å². The van der Waals surface area contributed by atoms with Crippen LogP contribution in [0.25, 0.3) is 10.9 Å². The second-order valence-corrected chi connectivity index (χ2v) is 11.4. The Morgan fingerprint density at radius 1 is 1.08 bits per heavy atom. The molecule has 0 radical (unpaired) electrons. The number of fused-ring (bicyclic) bond motifs is 1. The van der Waals surface area contributed by atoms with E-state index in [2.05, 4.69) is 31.5 Å². The van der Waals surface area contributed by atoms with Crippen molar-refractivity contribution in [3.05, 3.63) is 46.0 Å². The van der Waals surface area contributed by atoms with E-state index in [1.54, 1.807) is 7.11 Å². The molecule has 2 aromatic heterocycles. The number of pyridine rings is 1. The highest BCUT2D eigenvalue weighted by atomic mass is 16.5. The zero-order chi connectivity index (χ0) is 24.5. The zero-order valence-electron chi connectivity index (χ0n) is 21.4. The summed E-state index contributed by atoms with van der Waals surface area (Å²) in [4.78, 5) is 19.3. The predicted molar refractivity (Wildman–Crippen MR) is 139 cm³/mol. The Morgan fingerprint density at radius 3 is 2.69 bits per heavy atom. The number of benzene rings is 1. The molecule has 36 heavy (non-hydrogen) atoms. The van der Waals surface area contributed by atoms with Gasteiger partial charge in [0.1, 0.15) is 11.8 Å². The lowest BCUT2D eigenvalue weighted by Gasteiger charge is -2.47. The highest BCUT2D eigenvalue weighted by Gasteiger charge is 2.41. The number of H-pyrrole nitrogens is 1. The summed E-state index contributed by atoms with van der Waals surface area (Å²) in [6, 6.07) is 7.65. The molecule has 8 nitrogen and oxygen atoms in total. The van der Waals surface area contributed by atoms with Gasteiger partial charge in [-0.3, -0.25) is 9.69 Å². The van der Waals surface area contributed by atoms with Crippen LogP contribution in [-0.2, 0) is 6.54 Å². The lowest BCUT2D eigenvalue weighted by Crippen LogP contribution is -2.47. The average molecular weight is 491 g/mol. The van der Waals surface area contributed by atoms with Gasteiger partial charge in [-0.15, -0.1) is 5.10 Å². The topological polar surface area (TPSA) is 88.9 Å². The number of rotatable bonds is 6. The number of hydrogen-bond donors (Lipinski definition) is 1. The van der Waals surface area contributed by atoms with Crippen molar-refractivity contribution in [3.8, 4) is 5.75 Å². The monoisotopic (exact) mass is 490 g/mol. The number of nitrogens with one attached hydrogen (secondary N) is 1. The van der Waals surface area contributed by atoms with E-state index in [9.17, 15) is 4.79 Å². The Kier molecular flexibility index (Phi) is 6.54. The molecule has 6 rings (SSSR count). The molecule has 3 fully saturated rings. The number of aromatic nitrogens is 5. The van der Waals surface area contributed by atoms with E-state index in [0.717, 1.165) is 54.1 Å². The van der Waals surface area contributed by atoms with Gasteiger partial charge in [0.25, 0.3) is 5.56 Å². The summed E-state index contributed by atoms with van der Waals surface area (Å²) in [6.45, 7) is 2.80. The van der Waals surface area contributed by atoms with Crippen LogP contribution in [0.2, 0.25) is 0 Å². The highest BCUT2D eigenvalue weighted by molar-refractivity contribution is 5.80. The molecule has 2 saturated carbocycles. The van der Waals surface area contributed by atoms with E-state index >= 15 is 0 Å². The normalized spacial score (nSPS) is 21.8. The quantitative estimate of drug-likeness (QED) is 0.531. The Hall–Kier alpha value is -2.74. The number of hydrogen-bond acceptors (Lipinski definition) is 6. The number of likely N-dealkylation sites (tertiary alicyclic amines) is 1. The van der Waals surface area contributed by atoms with Gasteiger partial charge >= 0.3 is 0 Å². The van der Waals surface area contributed by atoms with Crippen molar-refractivity contribution in [2.24, 2.45) is 11.3 Å². The van der Waals surface area contributed by atoms with Gasteiger partial charge in [-0.1, -0.05) is 32.1 Å². The summed E-state index contributed by atoms with van der Waals surface area (Å²) in [6.07, 6.45) is 14.0. The van der Waals surface area contributed by atoms with Crippen molar-refractivity contribution < 1.29 is 4.74 Å². The van der Waals surface area contributed by atoms with Crippen molar-refractivity contribution in [2.45, 2.75) is 83.2 Å². The van der Waals surface area contributed by atoms with Gasteiger partial charge in [0.2, 0.25) is 0 Å². The molecule has 8 heteroatoms. The predicted octanol–water partition coefficient (Wildman–Crippen LogP) is 4.85. The van der Waals surface area contributed by atoms with E-state index < -0.39 is 0 Å². The summed E-state index contributed by atoms with van der Waals surface area (Å²) < 4.78 is 7.38. The summed E-state index contributed by atoms with van der Waals surface area (Å²) in [5.74, 6) is 2.16. The molecule has 3 aromatic rings. The van der Waals surface area contributed by atoms with Gasteiger partial charge in [0.05, 0.1) is 12.6 Å². The minimum absolute atomic E-state index is 0.0700. The van der Waals surface area contributed by atoms with E-state index in [1.165, 1.54) is 64.2 Å². The summed E-state index contributed by atoms with van der Waals surface area (Å²) in [7, 11) is 1.64. The summed E-state index contributed by atoms with van der Waals surface area (Å²) in [5.41, 5.74) is 1.81. The number of ether oxygens (including phenoxy) is 1. The number of tetrazole rings is 1. The molecule has 2 aliphatic carbocycles. The number of nitrogens with zero attached hydrogens (tertiary/aromatic N) is 5. The molecular formula is C28H38N6O2. The van der Waals surface area contributed by atoms with Crippen molar-refractivity contribution >= 4 is 10.9 Å². The maximum absolute atomic E-state index is 13.6. The molecule has 3 aliphatic rings. The maximum atomic E-state index is 13.6. The standard InChI is InChI=1S/C28H38N6O2/c1-36-22-11-10-21-16-23(27(35)29-24(21)17-22)25(26-30-31-32-34(26)18-20-8-3-4-9-20)33-15-7-14-28(19-33)12-5-2-6-13-28/h10-11,16-17,20,25H,2-9,12-15,18-19H2,1H3,(H,29,35)/t25-/m1/s1. The minimum atomic E-state index is -0.254. The van der Waals surface area contributed by atoms with Crippen LogP contribution in [-0.4, -0.2) is 50.3 Å². The number of aromatic amines is 1. The van der Waals surface area contributed by atoms with Gasteiger partial charge in [0.15, 0.2) is 5.82 Å². The molecule has 1 saturated heterocycles. The molecule has 1 atom stereocenters. The Balaban J connectivity index is 1.43. The Labute approximate surface area is 212 Å². The second kappa shape index (κ2) is 9.96. The summed E-state index contributed by atoms with van der Waals surface area (Å²) in [5, 5.41) is 14.1. The van der Waals surface area contributed by atoms with Gasteiger partial charge in [0, 0.05) is 24.7 Å². The largest absolute Gasteiger partial charge is 0.497 e. The lowest BCUT2D eigenvalue weighted by molar-refractivity contribution is 0.0337. The average Bonchev–Trinajstić information content (AvgIpc) is 3.58. The van der Waals surface area contributed by atoms with Crippen LogP contribution in [0.15, 0.2) is 29.1 Å². The van der Waals surface area contributed by atoms with Gasteiger partial charge in [-0.25, -0.2) is 4.68 Å². The van der Waals surface area contributed by atoms with Crippen LogP contribution < -0.4 is 10.3 Å². The van der Waals surface area contributed by atoms with Crippen LogP contribution in [0.3, 0.4) is 0 Å². The van der Waals surface area contributed by atoms with Crippen molar-refractivity contribution in [1.29, 1.82) is 0 Å². The SMILES string of the molecule is COc1ccc2cc([C@H](c3nnnn3CC3CCCC3)N3CCCC4(CCCCC4)C3)c(=O)[nH]c2c1. The van der Waals surface area contributed by atoms with E-state index in [-0.39, 0.29) is 11.6 Å². The van der Waals surface area contributed by atoms with Crippen LogP contribution in [0.5, 0.6) is 5.75 Å². The summed E-state index contributed by atoms with van der Waals surface area (Å²) >= 11 is 0. The Bertz CT molecular complexity index is 1250. The van der Waals surface area contributed by atoms with Crippen LogP contribution in [0, 0.1) is 11.3 Å². The fourth-order valence-corrected chi connectivity index (χ4v) is 7.18. The van der Waals surface area contributed by atoms with Crippen LogP contribution in [0.1, 0.15) is 88.1 Å². The molecule has 0 amide bonds. The van der Waals surface area contributed by atoms with E-state index in [1.807, 2.05) is 22.9 Å². The molecule has 192 valence electrons. The van der Waals surface area contributed by atoms with Crippen LogP contribution >= 0.6 is 0 Å². The maximum Gasteiger partial charge on any atom is 0.253 e. The first-order valence-corrected chi connectivity index (χ1v) is 13.9. The molecule has 3 heterocycles. The van der Waals surface area contributed by atoms with E-state index in [0.29, 0.717) is 11.3 Å². The molecule has 1 aromatic carbocycles. The minimum Gasteiger partial charge on any atom is -0.497 e. The van der Waals surface area contributed by atoms with E-state index in [4.69, 9.17) is 4.74 Å². The zero-order valence-corrected chi connectivity index (χ0v) is 21.4. The van der Waals surface area contributed by atoms with Crippen molar-refractivity contribution in [3.63, 3.8) is 0 Å². The molecule has 1 spiro atoms. The fraction of sp³-hybridized carbons (Fsp3) is 0.643. The van der Waals surface area contributed by atoms with Gasteiger partial charge < -0.3 is 9.72 Å². The molecular weight excluding hydrogens is 452 g/mol. The second-order valence-electron chi connectivity index (χ2n) is 11.4. The van der Waals surface area contributed by atoms with Crippen molar-refractivity contribution in [1.82, 2.24) is 30.1 Å². The smallest absolute Gasteiger partial charge is 0.253 e. The molecule has 1 N–H and O–H groups in total. The highest BCUT2D eigenvalue weighted by Crippen LogP contribution is 2.45. The lowest BCUT2D eigenvalue weighted by atomic mass is 9.69. The third-order valence-electron chi connectivity index (χ3n) is 9.06. The molecule has 0 unspecified atom stereocenters. The molecule has 1 aliphatic heterocycles. The van der Waals surface area contributed by atoms with Crippen molar-refractivity contribution in [2.75, 3.05) is 20.2 Å².